The molecule has 0 bridgehead atoms. The average molecular weight is 532 g/mol. The summed E-state index contributed by atoms with van der Waals surface area (Å²) < 4.78 is 0. The van der Waals surface area contributed by atoms with E-state index in [0.717, 1.165) is 24.0 Å². The summed E-state index contributed by atoms with van der Waals surface area (Å²) in [5.74, 6) is -1.11. The molecular weight excluding hydrogens is 505 g/mol. The molecule has 1 amide bonds. The quantitative estimate of drug-likeness (QED) is 0.238. The average Bonchev–Trinajstić information content (AvgIpc) is 2.88. The highest BCUT2D eigenvalue weighted by atomic mass is 35.5. The second-order valence-electron chi connectivity index (χ2n) is 9.02. The Morgan fingerprint density at radius 2 is 1.43 bits per heavy atom. The number of carboxylic acid groups (broad SMARTS) is 1. The molecule has 6 heteroatoms. The predicted molar refractivity (Wildman–Crippen MR) is 150 cm³/mol. The van der Waals surface area contributed by atoms with E-state index in [9.17, 15) is 14.7 Å². The molecule has 0 fully saturated rings. The number of carbonyl (C=O) groups excluding carboxylic acids is 1. The molecule has 188 valence electrons. The number of aromatic carboxylic acids is 1. The summed E-state index contributed by atoms with van der Waals surface area (Å²) in [7, 11) is 0. The van der Waals surface area contributed by atoms with Crippen molar-refractivity contribution in [3.63, 3.8) is 0 Å². The molecule has 0 aliphatic carbocycles. The number of halogens is 2. The first-order valence-electron chi connectivity index (χ1n) is 12.0. The molecule has 4 aromatic carbocycles. The first-order valence-corrected chi connectivity index (χ1v) is 12.8. The summed E-state index contributed by atoms with van der Waals surface area (Å²) in [6.45, 7) is 3.02. The number of hydrogen-bond donors (Lipinski definition) is 1. The maximum Gasteiger partial charge on any atom is 0.336 e. The first-order chi connectivity index (χ1) is 17.8. The summed E-state index contributed by atoms with van der Waals surface area (Å²) in [6.07, 6.45) is 1.65. The van der Waals surface area contributed by atoms with Gasteiger partial charge in [-0.05, 0) is 66.3 Å². The molecular formula is C31H27Cl2NO3. The largest absolute Gasteiger partial charge is 0.478 e. The number of amides is 1. The van der Waals surface area contributed by atoms with Gasteiger partial charge in [-0.25, -0.2) is 4.79 Å². The van der Waals surface area contributed by atoms with E-state index >= 15 is 0 Å². The second-order valence-corrected chi connectivity index (χ2v) is 9.89. The van der Waals surface area contributed by atoms with Gasteiger partial charge in [0.25, 0.3) is 5.91 Å². The van der Waals surface area contributed by atoms with Gasteiger partial charge >= 0.3 is 5.97 Å². The first kappa shape index (κ1) is 26.5. The topological polar surface area (TPSA) is 57.6 Å². The van der Waals surface area contributed by atoms with Crippen molar-refractivity contribution in [3.05, 3.63) is 129 Å². The van der Waals surface area contributed by atoms with E-state index in [0.29, 0.717) is 34.3 Å². The molecule has 0 heterocycles. The standard InChI is InChI=1S/C31H27Cl2NO3/c1-21-8-10-22(11-9-21)5-4-16-34(30(35)25-17-26(32)19-27(33)18-25)20-23-12-14-24(15-13-23)28-6-2-3-7-29(28)31(36)37/h2-3,6-15,17-19H,4-5,16,20H2,1H3,(H,36,37). The van der Waals surface area contributed by atoms with E-state index in [2.05, 4.69) is 31.2 Å². The summed E-state index contributed by atoms with van der Waals surface area (Å²) in [5, 5.41) is 10.4. The van der Waals surface area contributed by atoms with Crippen LogP contribution in [0.2, 0.25) is 10.0 Å². The molecule has 37 heavy (non-hydrogen) atoms. The summed E-state index contributed by atoms with van der Waals surface area (Å²) in [4.78, 5) is 26.9. The number of carboxylic acids is 1. The lowest BCUT2D eigenvalue weighted by Gasteiger charge is -2.23. The van der Waals surface area contributed by atoms with Crippen LogP contribution in [-0.4, -0.2) is 28.4 Å². The number of nitrogens with zero attached hydrogens (tertiary/aromatic N) is 1. The molecule has 4 aromatic rings. The fourth-order valence-electron chi connectivity index (χ4n) is 4.27. The minimum atomic E-state index is -0.967. The van der Waals surface area contributed by atoms with Gasteiger partial charge in [0.1, 0.15) is 0 Å². The minimum absolute atomic E-state index is 0.145. The van der Waals surface area contributed by atoms with Crippen molar-refractivity contribution in [2.45, 2.75) is 26.3 Å². The zero-order valence-electron chi connectivity index (χ0n) is 20.5. The van der Waals surface area contributed by atoms with Gasteiger partial charge in [-0.3, -0.25) is 4.79 Å². The van der Waals surface area contributed by atoms with Gasteiger partial charge in [-0.15, -0.1) is 0 Å². The second kappa shape index (κ2) is 12.1. The van der Waals surface area contributed by atoms with E-state index in [-0.39, 0.29) is 11.5 Å². The smallest absolute Gasteiger partial charge is 0.336 e. The van der Waals surface area contributed by atoms with Gasteiger partial charge in [0.05, 0.1) is 5.56 Å². The third-order valence-corrected chi connectivity index (χ3v) is 6.64. The van der Waals surface area contributed by atoms with E-state index in [4.69, 9.17) is 23.2 Å². The van der Waals surface area contributed by atoms with E-state index in [1.54, 1.807) is 41.3 Å². The van der Waals surface area contributed by atoms with Gasteiger partial charge in [0.2, 0.25) is 0 Å². The van der Waals surface area contributed by atoms with Crippen LogP contribution >= 0.6 is 23.2 Å². The Kier molecular flexibility index (Phi) is 8.65. The van der Waals surface area contributed by atoms with E-state index in [1.165, 1.54) is 11.1 Å². The summed E-state index contributed by atoms with van der Waals surface area (Å²) >= 11 is 12.3. The molecule has 4 rings (SSSR count). The maximum atomic E-state index is 13.5. The van der Waals surface area contributed by atoms with Crippen LogP contribution in [-0.2, 0) is 13.0 Å². The van der Waals surface area contributed by atoms with Gasteiger partial charge in [0.15, 0.2) is 0 Å². The Balaban J connectivity index is 1.54. The molecule has 0 atom stereocenters. The summed E-state index contributed by atoms with van der Waals surface area (Å²) in [5.41, 5.74) is 5.54. The van der Waals surface area contributed by atoms with Gasteiger partial charge in [0, 0.05) is 28.7 Å². The Morgan fingerprint density at radius 1 is 0.811 bits per heavy atom. The predicted octanol–water partition coefficient (Wildman–Crippen LogP) is 7.94. The Morgan fingerprint density at radius 3 is 2.08 bits per heavy atom. The van der Waals surface area contributed by atoms with Crippen molar-refractivity contribution >= 4 is 35.1 Å². The number of hydrogen-bond acceptors (Lipinski definition) is 2. The van der Waals surface area contributed by atoms with Crippen molar-refractivity contribution in [1.29, 1.82) is 0 Å². The van der Waals surface area contributed by atoms with Crippen LogP contribution in [0.5, 0.6) is 0 Å². The highest BCUT2D eigenvalue weighted by molar-refractivity contribution is 6.35. The molecule has 0 spiro atoms. The van der Waals surface area contributed by atoms with E-state index < -0.39 is 5.97 Å². The third-order valence-electron chi connectivity index (χ3n) is 6.21. The van der Waals surface area contributed by atoms with Gasteiger partial charge < -0.3 is 10.0 Å². The van der Waals surface area contributed by atoms with Crippen LogP contribution in [0.3, 0.4) is 0 Å². The molecule has 0 aromatic heterocycles. The number of carbonyl (C=O) groups is 2. The third kappa shape index (κ3) is 7.00. The van der Waals surface area contributed by atoms with Crippen molar-refractivity contribution in [1.82, 2.24) is 4.90 Å². The molecule has 0 radical (unpaired) electrons. The van der Waals surface area contributed by atoms with Crippen LogP contribution in [0.15, 0.2) is 91.0 Å². The van der Waals surface area contributed by atoms with Gasteiger partial charge in [-0.1, -0.05) is 95.5 Å². The van der Waals surface area contributed by atoms with Gasteiger partial charge in [-0.2, -0.15) is 0 Å². The highest BCUT2D eigenvalue weighted by Gasteiger charge is 2.18. The highest BCUT2D eigenvalue weighted by Crippen LogP contribution is 2.25. The molecule has 1 N–H and O–H groups in total. The Bertz CT molecular complexity index is 1380. The lowest BCUT2D eigenvalue weighted by molar-refractivity contribution is 0.0696. The monoisotopic (exact) mass is 531 g/mol. The molecule has 0 unspecified atom stereocenters. The molecule has 0 aliphatic rings. The molecule has 0 saturated carbocycles. The SMILES string of the molecule is Cc1ccc(CCCN(Cc2ccc(-c3ccccc3C(=O)O)cc2)C(=O)c2cc(Cl)cc(Cl)c2)cc1. The molecule has 0 aliphatic heterocycles. The van der Waals surface area contributed by atoms with Crippen LogP contribution in [0.4, 0.5) is 0 Å². The van der Waals surface area contributed by atoms with E-state index in [1.807, 2.05) is 30.3 Å². The van der Waals surface area contributed by atoms with Crippen molar-refractivity contribution in [2.24, 2.45) is 0 Å². The van der Waals surface area contributed by atoms with Crippen molar-refractivity contribution < 1.29 is 14.7 Å². The fraction of sp³-hybridized carbons (Fsp3) is 0.161. The molecule has 0 saturated heterocycles. The normalized spacial score (nSPS) is 10.8. The van der Waals surface area contributed by atoms with Crippen molar-refractivity contribution in [3.8, 4) is 11.1 Å². The van der Waals surface area contributed by atoms with Crippen LogP contribution < -0.4 is 0 Å². The lowest BCUT2D eigenvalue weighted by atomic mass is 9.98. The Hall–Kier alpha value is -3.60. The molecule has 4 nitrogen and oxygen atoms in total. The lowest BCUT2D eigenvalue weighted by Crippen LogP contribution is -2.31. The Labute approximate surface area is 227 Å². The van der Waals surface area contributed by atoms with Crippen LogP contribution in [0.25, 0.3) is 11.1 Å². The van der Waals surface area contributed by atoms with Crippen LogP contribution in [0.1, 0.15) is 43.8 Å². The zero-order valence-corrected chi connectivity index (χ0v) is 22.0. The van der Waals surface area contributed by atoms with Crippen LogP contribution in [0, 0.1) is 6.92 Å². The fourth-order valence-corrected chi connectivity index (χ4v) is 4.80. The number of rotatable bonds is 9. The number of aryl methyl sites for hydroxylation is 2. The zero-order chi connectivity index (χ0) is 26.4. The summed E-state index contributed by atoms with van der Waals surface area (Å²) in [6, 6.07) is 27.9. The number of benzene rings is 4. The maximum absolute atomic E-state index is 13.5. The van der Waals surface area contributed by atoms with Crippen molar-refractivity contribution in [2.75, 3.05) is 6.54 Å². The minimum Gasteiger partial charge on any atom is -0.478 e.